The van der Waals surface area contributed by atoms with E-state index in [1.165, 1.54) is 0 Å². The van der Waals surface area contributed by atoms with Gasteiger partial charge in [0.1, 0.15) is 5.82 Å². The van der Waals surface area contributed by atoms with Gasteiger partial charge in [0, 0.05) is 16.1 Å². The lowest BCUT2D eigenvalue weighted by atomic mass is 10.1. The van der Waals surface area contributed by atoms with E-state index in [1.807, 2.05) is 26.0 Å². The van der Waals surface area contributed by atoms with Crippen LogP contribution in [0.5, 0.6) is 0 Å². The fourth-order valence-corrected chi connectivity index (χ4v) is 4.91. The van der Waals surface area contributed by atoms with Crippen LogP contribution >= 0.6 is 11.6 Å². The van der Waals surface area contributed by atoms with E-state index in [-0.39, 0.29) is 17.4 Å². The number of nitrogens with one attached hydrogen (secondary N) is 1. The Balaban J connectivity index is 1.78. The van der Waals surface area contributed by atoms with Crippen LogP contribution in [0.15, 0.2) is 42.5 Å². The number of carbonyl (C=O) groups excluding carboxylic acids is 1. The number of aryl methyl sites for hydroxylation is 2. The second kappa shape index (κ2) is 6.76. The van der Waals surface area contributed by atoms with Crippen molar-refractivity contribution in [1.82, 2.24) is 9.78 Å². The van der Waals surface area contributed by atoms with Crippen LogP contribution in [0.4, 0.5) is 5.82 Å². The molecule has 4 rings (SSSR count). The molecule has 0 atom stereocenters. The zero-order chi connectivity index (χ0) is 20.1. The molecule has 0 bridgehead atoms. The van der Waals surface area contributed by atoms with Crippen molar-refractivity contribution in [2.75, 3.05) is 5.32 Å². The van der Waals surface area contributed by atoms with E-state index in [1.54, 1.807) is 35.0 Å². The number of carbonyl (C=O) groups is 1. The van der Waals surface area contributed by atoms with Crippen molar-refractivity contribution in [2.45, 2.75) is 25.4 Å². The number of benzene rings is 2. The molecule has 3 aromatic rings. The second-order valence-electron chi connectivity index (χ2n) is 6.95. The molecule has 1 aliphatic heterocycles. The molecule has 0 unspecified atom stereocenters. The average Bonchev–Trinajstić information content (AvgIpc) is 3.10. The number of amides is 1. The van der Waals surface area contributed by atoms with Gasteiger partial charge in [-0.3, -0.25) is 4.79 Å². The van der Waals surface area contributed by atoms with Crippen LogP contribution in [0.1, 0.15) is 32.7 Å². The maximum atomic E-state index is 12.9. The van der Waals surface area contributed by atoms with Crippen molar-refractivity contribution in [3.63, 3.8) is 0 Å². The van der Waals surface area contributed by atoms with Crippen LogP contribution in [0, 0.1) is 13.8 Å². The summed E-state index contributed by atoms with van der Waals surface area (Å²) in [5.74, 6) is -0.242. The Labute approximate surface area is 168 Å². The fraction of sp³-hybridized carbons (Fsp3) is 0.200. The first kappa shape index (κ1) is 18.7. The molecular weight excluding hydrogens is 398 g/mol. The van der Waals surface area contributed by atoms with Crippen molar-refractivity contribution >= 4 is 33.2 Å². The maximum absolute atomic E-state index is 12.9. The number of fused-ring (bicyclic) bond motifs is 1. The second-order valence-corrected chi connectivity index (χ2v) is 9.45. The number of halogens is 1. The lowest BCUT2D eigenvalue weighted by Gasteiger charge is -2.12. The van der Waals surface area contributed by atoms with Gasteiger partial charge in [-0.1, -0.05) is 23.7 Å². The Kier molecular flexibility index (Phi) is 4.51. The van der Waals surface area contributed by atoms with Gasteiger partial charge < -0.3 is 5.32 Å². The molecule has 8 heteroatoms. The molecule has 0 spiro atoms. The standard InChI is InChI=1S/C20H18ClN3O3S/c1-12-6-7-14(8-13(12)2)20(25)22-19-17-10-28(26,27)11-18(17)23-24(19)16-5-3-4-15(21)9-16/h3-9H,10-11H2,1-2H3,(H,22,25). The molecule has 1 amide bonds. The lowest BCUT2D eigenvalue weighted by Crippen LogP contribution is -2.17. The number of nitrogens with zero attached hydrogens (tertiary/aromatic N) is 2. The Morgan fingerprint density at radius 3 is 2.61 bits per heavy atom. The molecule has 0 fully saturated rings. The molecule has 2 aromatic carbocycles. The molecule has 0 radical (unpaired) electrons. The van der Waals surface area contributed by atoms with Crippen molar-refractivity contribution in [3.05, 3.63) is 75.4 Å². The number of hydrogen-bond acceptors (Lipinski definition) is 4. The topological polar surface area (TPSA) is 81.1 Å². The number of rotatable bonds is 3. The highest BCUT2D eigenvalue weighted by molar-refractivity contribution is 7.90. The van der Waals surface area contributed by atoms with Crippen LogP contribution in [0.25, 0.3) is 5.69 Å². The predicted octanol–water partition coefficient (Wildman–Crippen LogP) is 3.82. The first-order chi connectivity index (χ1) is 13.2. The quantitative estimate of drug-likeness (QED) is 0.705. The number of anilines is 1. The van der Waals surface area contributed by atoms with E-state index in [0.29, 0.717) is 33.3 Å². The first-order valence-electron chi connectivity index (χ1n) is 8.69. The fourth-order valence-electron chi connectivity index (χ4n) is 3.23. The Hall–Kier alpha value is -2.64. The van der Waals surface area contributed by atoms with Gasteiger partial charge in [-0.05, 0) is 55.3 Å². The van der Waals surface area contributed by atoms with Crippen LogP contribution in [0.3, 0.4) is 0 Å². The summed E-state index contributed by atoms with van der Waals surface area (Å²) in [4.78, 5) is 12.9. The molecule has 1 aromatic heterocycles. The van der Waals surface area contributed by atoms with Gasteiger partial charge in [-0.2, -0.15) is 5.10 Å². The minimum atomic E-state index is -3.26. The first-order valence-corrected chi connectivity index (χ1v) is 10.9. The summed E-state index contributed by atoms with van der Waals surface area (Å²) < 4.78 is 25.7. The molecular formula is C20H18ClN3O3S. The van der Waals surface area contributed by atoms with Crippen LogP contribution in [0.2, 0.25) is 5.02 Å². The van der Waals surface area contributed by atoms with Crippen molar-refractivity contribution in [1.29, 1.82) is 0 Å². The monoisotopic (exact) mass is 415 g/mol. The number of sulfone groups is 1. The third-order valence-electron chi connectivity index (χ3n) is 4.84. The van der Waals surface area contributed by atoms with Gasteiger partial charge in [-0.25, -0.2) is 13.1 Å². The SMILES string of the molecule is Cc1ccc(C(=O)Nc2c3c(nn2-c2cccc(Cl)c2)CS(=O)(=O)C3)cc1C. The smallest absolute Gasteiger partial charge is 0.256 e. The highest BCUT2D eigenvalue weighted by Gasteiger charge is 2.33. The summed E-state index contributed by atoms with van der Waals surface area (Å²) in [6.07, 6.45) is 0. The molecule has 28 heavy (non-hydrogen) atoms. The summed E-state index contributed by atoms with van der Waals surface area (Å²) in [7, 11) is -3.26. The maximum Gasteiger partial charge on any atom is 0.256 e. The van der Waals surface area contributed by atoms with Crippen molar-refractivity contribution < 1.29 is 13.2 Å². The Bertz CT molecular complexity index is 1220. The minimum Gasteiger partial charge on any atom is -0.306 e. The summed E-state index contributed by atoms with van der Waals surface area (Å²) in [6, 6.07) is 12.5. The Morgan fingerprint density at radius 1 is 1.11 bits per heavy atom. The predicted molar refractivity (Wildman–Crippen MR) is 109 cm³/mol. The number of aromatic nitrogens is 2. The van der Waals surface area contributed by atoms with Gasteiger partial charge >= 0.3 is 0 Å². The largest absolute Gasteiger partial charge is 0.306 e. The summed E-state index contributed by atoms with van der Waals surface area (Å²) >= 11 is 6.10. The summed E-state index contributed by atoms with van der Waals surface area (Å²) in [5.41, 5.74) is 4.22. The third-order valence-corrected chi connectivity index (χ3v) is 6.52. The molecule has 0 saturated carbocycles. The average molecular weight is 416 g/mol. The van der Waals surface area contributed by atoms with Crippen LogP contribution in [-0.2, 0) is 21.3 Å². The highest BCUT2D eigenvalue weighted by atomic mass is 35.5. The molecule has 0 aliphatic carbocycles. The van der Waals surface area contributed by atoms with E-state index in [4.69, 9.17) is 11.6 Å². The van der Waals surface area contributed by atoms with Crippen molar-refractivity contribution in [3.8, 4) is 5.69 Å². The Morgan fingerprint density at radius 2 is 1.89 bits per heavy atom. The molecule has 144 valence electrons. The van der Waals surface area contributed by atoms with E-state index in [2.05, 4.69) is 10.4 Å². The lowest BCUT2D eigenvalue weighted by molar-refractivity contribution is 0.102. The van der Waals surface area contributed by atoms with E-state index < -0.39 is 9.84 Å². The van der Waals surface area contributed by atoms with Gasteiger partial charge in [-0.15, -0.1) is 0 Å². The molecule has 0 saturated heterocycles. The molecule has 2 heterocycles. The van der Waals surface area contributed by atoms with Gasteiger partial charge in [0.25, 0.3) is 5.91 Å². The zero-order valence-electron chi connectivity index (χ0n) is 15.4. The summed E-state index contributed by atoms with van der Waals surface area (Å²) in [6.45, 7) is 3.91. The summed E-state index contributed by atoms with van der Waals surface area (Å²) in [5, 5.41) is 7.82. The van der Waals surface area contributed by atoms with E-state index >= 15 is 0 Å². The molecule has 1 aliphatic rings. The molecule has 1 N–H and O–H groups in total. The number of hydrogen-bond donors (Lipinski definition) is 1. The van der Waals surface area contributed by atoms with Gasteiger partial charge in [0.2, 0.25) is 0 Å². The highest BCUT2D eigenvalue weighted by Crippen LogP contribution is 2.33. The van der Waals surface area contributed by atoms with Crippen molar-refractivity contribution in [2.24, 2.45) is 0 Å². The normalized spacial score (nSPS) is 14.7. The molecule has 6 nitrogen and oxygen atoms in total. The van der Waals surface area contributed by atoms with E-state index in [0.717, 1.165) is 11.1 Å². The van der Waals surface area contributed by atoms with E-state index in [9.17, 15) is 13.2 Å². The third kappa shape index (κ3) is 3.43. The van der Waals surface area contributed by atoms with Gasteiger partial charge in [0.15, 0.2) is 9.84 Å². The minimum absolute atomic E-state index is 0.136. The van der Waals surface area contributed by atoms with Crippen LogP contribution in [-0.4, -0.2) is 24.1 Å². The zero-order valence-corrected chi connectivity index (χ0v) is 16.9. The van der Waals surface area contributed by atoms with Gasteiger partial charge in [0.05, 0.1) is 22.9 Å². The van der Waals surface area contributed by atoms with Crippen LogP contribution < -0.4 is 5.32 Å².